The third-order valence-corrected chi connectivity index (χ3v) is 3.42. The number of aromatic nitrogens is 2. The Morgan fingerprint density at radius 3 is 2.84 bits per heavy atom. The molecule has 1 aliphatic rings. The molecule has 2 atom stereocenters. The summed E-state index contributed by atoms with van der Waals surface area (Å²) in [6.07, 6.45) is 2.99. The van der Waals surface area contributed by atoms with Gasteiger partial charge in [0.25, 0.3) is 0 Å². The lowest BCUT2D eigenvalue weighted by atomic mass is 10.1. The SMILES string of the molecule is N[C@H]1CC[C@@H](c2nc(COc3ccccc3)no2)C1. The van der Waals surface area contributed by atoms with E-state index in [1.165, 1.54) is 0 Å². The maximum Gasteiger partial charge on any atom is 0.229 e. The van der Waals surface area contributed by atoms with Crippen molar-refractivity contribution in [2.75, 3.05) is 0 Å². The van der Waals surface area contributed by atoms with E-state index in [0.29, 0.717) is 24.2 Å². The van der Waals surface area contributed by atoms with E-state index in [-0.39, 0.29) is 6.04 Å². The second-order valence-corrected chi connectivity index (χ2v) is 4.92. The van der Waals surface area contributed by atoms with Crippen molar-refractivity contribution in [3.05, 3.63) is 42.0 Å². The van der Waals surface area contributed by atoms with Gasteiger partial charge in [0, 0.05) is 12.0 Å². The number of ether oxygens (including phenoxy) is 1. The summed E-state index contributed by atoms with van der Waals surface area (Å²) in [5.74, 6) is 2.39. The zero-order valence-electron chi connectivity index (χ0n) is 10.7. The first-order valence-electron chi connectivity index (χ1n) is 6.57. The second kappa shape index (κ2) is 5.40. The van der Waals surface area contributed by atoms with Gasteiger partial charge in [0.05, 0.1) is 0 Å². The molecule has 1 aliphatic carbocycles. The highest BCUT2D eigenvalue weighted by molar-refractivity contribution is 5.20. The molecule has 5 nitrogen and oxygen atoms in total. The number of rotatable bonds is 4. The Morgan fingerprint density at radius 2 is 2.11 bits per heavy atom. The number of nitrogens with two attached hydrogens (primary N) is 1. The van der Waals surface area contributed by atoms with Crippen LogP contribution >= 0.6 is 0 Å². The molecule has 3 rings (SSSR count). The number of hydrogen-bond acceptors (Lipinski definition) is 5. The van der Waals surface area contributed by atoms with Crippen molar-refractivity contribution < 1.29 is 9.26 Å². The second-order valence-electron chi connectivity index (χ2n) is 4.92. The Morgan fingerprint density at radius 1 is 1.26 bits per heavy atom. The van der Waals surface area contributed by atoms with Crippen LogP contribution in [0.1, 0.15) is 36.9 Å². The first kappa shape index (κ1) is 12.2. The van der Waals surface area contributed by atoms with Gasteiger partial charge in [0.1, 0.15) is 5.75 Å². The largest absolute Gasteiger partial charge is 0.485 e. The first-order chi connectivity index (χ1) is 9.31. The Balaban J connectivity index is 1.59. The number of para-hydroxylation sites is 1. The van der Waals surface area contributed by atoms with Crippen LogP contribution in [0.25, 0.3) is 0 Å². The molecule has 0 radical (unpaired) electrons. The van der Waals surface area contributed by atoms with Gasteiger partial charge in [0.2, 0.25) is 11.7 Å². The van der Waals surface area contributed by atoms with Gasteiger partial charge in [0.15, 0.2) is 6.61 Å². The predicted molar refractivity (Wildman–Crippen MR) is 69.6 cm³/mol. The van der Waals surface area contributed by atoms with E-state index in [2.05, 4.69) is 10.1 Å². The summed E-state index contributed by atoms with van der Waals surface area (Å²) >= 11 is 0. The Hall–Kier alpha value is -1.88. The molecular weight excluding hydrogens is 242 g/mol. The van der Waals surface area contributed by atoms with Gasteiger partial charge in [-0.1, -0.05) is 23.4 Å². The van der Waals surface area contributed by atoms with Gasteiger partial charge < -0.3 is 15.0 Å². The van der Waals surface area contributed by atoms with Crippen molar-refractivity contribution in [3.8, 4) is 5.75 Å². The zero-order valence-corrected chi connectivity index (χ0v) is 10.7. The van der Waals surface area contributed by atoms with Gasteiger partial charge in [-0.3, -0.25) is 0 Å². The minimum atomic E-state index is 0.265. The van der Waals surface area contributed by atoms with E-state index >= 15 is 0 Å². The van der Waals surface area contributed by atoms with Crippen LogP contribution in [0.4, 0.5) is 0 Å². The monoisotopic (exact) mass is 259 g/mol. The lowest BCUT2D eigenvalue weighted by molar-refractivity contribution is 0.283. The predicted octanol–water partition coefficient (Wildman–Crippen LogP) is 2.24. The van der Waals surface area contributed by atoms with E-state index < -0.39 is 0 Å². The van der Waals surface area contributed by atoms with E-state index in [1.807, 2.05) is 30.3 Å². The molecule has 0 spiro atoms. The van der Waals surface area contributed by atoms with Gasteiger partial charge in [-0.05, 0) is 31.4 Å². The molecule has 0 amide bonds. The standard InChI is InChI=1S/C14H17N3O2/c15-11-7-6-10(8-11)14-16-13(17-19-14)9-18-12-4-2-1-3-5-12/h1-5,10-11H,6-9,15H2/t10-,11+/m1/s1. The third kappa shape index (κ3) is 2.93. The fourth-order valence-corrected chi connectivity index (χ4v) is 2.40. The average Bonchev–Trinajstić information content (AvgIpc) is 3.06. The fourth-order valence-electron chi connectivity index (χ4n) is 2.40. The summed E-state index contributed by atoms with van der Waals surface area (Å²) in [6, 6.07) is 9.87. The van der Waals surface area contributed by atoms with Crippen molar-refractivity contribution in [1.29, 1.82) is 0 Å². The maximum absolute atomic E-state index is 5.89. The van der Waals surface area contributed by atoms with Crippen LogP contribution in [0.15, 0.2) is 34.9 Å². The Labute approximate surface area is 111 Å². The van der Waals surface area contributed by atoms with Crippen LogP contribution < -0.4 is 10.5 Å². The molecule has 1 aromatic carbocycles. The van der Waals surface area contributed by atoms with Crippen LogP contribution in [-0.2, 0) is 6.61 Å². The van der Waals surface area contributed by atoms with E-state index in [1.54, 1.807) is 0 Å². The van der Waals surface area contributed by atoms with Crippen molar-refractivity contribution in [2.45, 2.75) is 37.8 Å². The van der Waals surface area contributed by atoms with Crippen molar-refractivity contribution in [2.24, 2.45) is 5.73 Å². The lowest BCUT2D eigenvalue weighted by Gasteiger charge is -2.02. The van der Waals surface area contributed by atoms with Gasteiger partial charge in [-0.2, -0.15) is 4.98 Å². The molecule has 1 heterocycles. The highest BCUT2D eigenvalue weighted by Crippen LogP contribution is 2.32. The van der Waals surface area contributed by atoms with E-state index in [4.69, 9.17) is 15.0 Å². The van der Waals surface area contributed by atoms with Crippen LogP contribution in [0.3, 0.4) is 0 Å². The molecule has 2 aromatic rings. The Kier molecular flexibility index (Phi) is 3.46. The molecule has 0 saturated heterocycles. The van der Waals surface area contributed by atoms with Crippen LogP contribution in [-0.4, -0.2) is 16.2 Å². The molecule has 5 heteroatoms. The molecule has 19 heavy (non-hydrogen) atoms. The summed E-state index contributed by atoms with van der Waals surface area (Å²) in [4.78, 5) is 4.38. The van der Waals surface area contributed by atoms with Gasteiger partial charge >= 0.3 is 0 Å². The van der Waals surface area contributed by atoms with E-state index in [0.717, 1.165) is 25.0 Å². The lowest BCUT2D eigenvalue weighted by Crippen LogP contribution is -2.14. The molecule has 1 saturated carbocycles. The number of benzene rings is 1. The topological polar surface area (TPSA) is 74.2 Å². The summed E-state index contributed by atoms with van der Waals surface area (Å²) in [6.45, 7) is 0.326. The fraction of sp³-hybridized carbons (Fsp3) is 0.429. The maximum atomic E-state index is 5.89. The van der Waals surface area contributed by atoms with Crippen LogP contribution in [0.2, 0.25) is 0 Å². The van der Waals surface area contributed by atoms with Gasteiger partial charge in [-0.15, -0.1) is 0 Å². The first-order valence-corrected chi connectivity index (χ1v) is 6.57. The molecule has 0 aliphatic heterocycles. The molecule has 0 unspecified atom stereocenters. The highest BCUT2D eigenvalue weighted by Gasteiger charge is 2.27. The summed E-state index contributed by atoms with van der Waals surface area (Å²) in [7, 11) is 0. The summed E-state index contributed by atoms with van der Waals surface area (Å²) in [5, 5.41) is 3.95. The molecule has 100 valence electrons. The average molecular weight is 259 g/mol. The molecule has 2 N–H and O–H groups in total. The summed E-state index contributed by atoms with van der Waals surface area (Å²) < 4.78 is 10.9. The van der Waals surface area contributed by atoms with E-state index in [9.17, 15) is 0 Å². The zero-order chi connectivity index (χ0) is 13.1. The normalized spacial score (nSPS) is 22.6. The highest BCUT2D eigenvalue weighted by atomic mass is 16.5. The minimum absolute atomic E-state index is 0.265. The third-order valence-electron chi connectivity index (χ3n) is 3.42. The Bertz CT molecular complexity index is 526. The van der Waals surface area contributed by atoms with Crippen LogP contribution in [0.5, 0.6) is 5.75 Å². The summed E-state index contributed by atoms with van der Waals surface area (Å²) in [5.41, 5.74) is 5.89. The number of hydrogen-bond donors (Lipinski definition) is 1. The molecule has 1 fully saturated rings. The molecule has 0 bridgehead atoms. The quantitative estimate of drug-likeness (QED) is 0.911. The molecular formula is C14H17N3O2. The van der Waals surface area contributed by atoms with Crippen LogP contribution in [0, 0.1) is 0 Å². The molecule has 1 aromatic heterocycles. The number of nitrogens with zero attached hydrogens (tertiary/aromatic N) is 2. The van der Waals surface area contributed by atoms with Crippen molar-refractivity contribution in [3.63, 3.8) is 0 Å². The van der Waals surface area contributed by atoms with Crippen molar-refractivity contribution >= 4 is 0 Å². The minimum Gasteiger partial charge on any atom is -0.485 e. The smallest absolute Gasteiger partial charge is 0.229 e. The van der Waals surface area contributed by atoms with Gasteiger partial charge in [-0.25, -0.2) is 0 Å². The van der Waals surface area contributed by atoms with Crippen molar-refractivity contribution in [1.82, 2.24) is 10.1 Å².